The van der Waals surface area contributed by atoms with Crippen LogP contribution in [-0.2, 0) is 6.54 Å². The summed E-state index contributed by atoms with van der Waals surface area (Å²) in [6.07, 6.45) is 11.0. The van der Waals surface area contributed by atoms with E-state index in [-0.39, 0.29) is 11.5 Å². The van der Waals surface area contributed by atoms with Gasteiger partial charge in [0.2, 0.25) is 0 Å². The Bertz CT molecular complexity index is 673. The quantitative estimate of drug-likeness (QED) is 0.796. The van der Waals surface area contributed by atoms with Crippen LogP contribution < -0.4 is 0 Å². The molecule has 0 saturated carbocycles. The Kier molecular flexibility index (Phi) is 3.32. The second kappa shape index (κ2) is 5.16. The van der Waals surface area contributed by atoms with E-state index in [9.17, 15) is 0 Å². The van der Waals surface area contributed by atoms with Gasteiger partial charge in [0.25, 0.3) is 0 Å². The lowest BCUT2D eigenvalue weighted by atomic mass is 9.86. The Balaban J connectivity index is 1.90. The van der Waals surface area contributed by atoms with E-state index in [0.29, 0.717) is 0 Å². The molecule has 3 rings (SSSR count). The summed E-state index contributed by atoms with van der Waals surface area (Å²) in [6, 6.07) is 0.169. The van der Waals surface area contributed by atoms with E-state index in [1.165, 1.54) is 0 Å². The maximum atomic E-state index is 4.29. The number of rotatable bonds is 4. The molecule has 0 spiro atoms. The molecule has 7 nitrogen and oxygen atoms in total. The number of imidazole rings is 2. The molecule has 0 amide bonds. The summed E-state index contributed by atoms with van der Waals surface area (Å²) in [5.74, 6) is 0.733. The second-order valence-electron chi connectivity index (χ2n) is 6.16. The van der Waals surface area contributed by atoms with Crippen LogP contribution in [0.25, 0.3) is 11.5 Å². The molecule has 0 radical (unpaired) electrons. The van der Waals surface area contributed by atoms with Crippen molar-refractivity contribution in [2.75, 3.05) is 0 Å². The molecule has 0 unspecified atom stereocenters. The fraction of sp³-hybridized carbons (Fsp3) is 0.429. The van der Waals surface area contributed by atoms with Crippen molar-refractivity contribution >= 4 is 0 Å². The standard InChI is InChI=1S/C14H19N7/c1-14(2,3)12(9-20-7-6-15-10-20)21-8-11(18-19-21)13-16-4-5-17-13/h4-8,10,12H,9H2,1-3H3,(H,16,17)/t12-/m1/s1. The molecule has 0 aromatic carbocycles. The van der Waals surface area contributed by atoms with Gasteiger partial charge in [-0.15, -0.1) is 5.10 Å². The smallest absolute Gasteiger partial charge is 0.159 e. The van der Waals surface area contributed by atoms with Gasteiger partial charge in [-0.05, 0) is 5.41 Å². The Morgan fingerprint density at radius 2 is 2.14 bits per heavy atom. The molecule has 3 aromatic rings. The van der Waals surface area contributed by atoms with Crippen LogP contribution in [0, 0.1) is 5.41 Å². The molecule has 3 aromatic heterocycles. The zero-order valence-electron chi connectivity index (χ0n) is 12.4. The SMILES string of the molecule is CC(C)(C)[C@@H](Cn1ccnc1)n1cc(-c2ncc[nH]2)nn1. The van der Waals surface area contributed by atoms with Gasteiger partial charge in [0, 0.05) is 31.3 Å². The molecular weight excluding hydrogens is 266 g/mol. The molecule has 0 aliphatic heterocycles. The zero-order chi connectivity index (χ0) is 14.9. The fourth-order valence-corrected chi connectivity index (χ4v) is 2.29. The van der Waals surface area contributed by atoms with Crippen LogP contribution in [-0.4, -0.2) is 34.5 Å². The molecule has 21 heavy (non-hydrogen) atoms. The number of aromatic nitrogens is 7. The highest BCUT2D eigenvalue weighted by atomic mass is 15.4. The number of nitrogens with one attached hydrogen (secondary N) is 1. The van der Waals surface area contributed by atoms with Crippen LogP contribution in [0.1, 0.15) is 26.8 Å². The summed E-state index contributed by atoms with van der Waals surface area (Å²) in [4.78, 5) is 11.4. The minimum Gasteiger partial charge on any atom is -0.343 e. The molecule has 110 valence electrons. The molecule has 1 atom stereocenters. The predicted octanol–water partition coefficient (Wildman–Crippen LogP) is 2.15. The molecule has 0 saturated heterocycles. The van der Waals surface area contributed by atoms with Gasteiger partial charge in [-0.3, -0.25) is 0 Å². The lowest BCUT2D eigenvalue weighted by Gasteiger charge is -2.30. The van der Waals surface area contributed by atoms with Crippen LogP contribution in [0.2, 0.25) is 0 Å². The highest BCUT2D eigenvalue weighted by Gasteiger charge is 2.28. The number of H-pyrrole nitrogens is 1. The van der Waals surface area contributed by atoms with Crippen molar-refractivity contribution in [3.05, 3.63) is 37.3 Å². The van der Waals surface area contributed by atoms with E-state index in [2.05, 4.69) is 50.6 Å². The van der Waals surface area contributed by atoms with E-state index in [1.54, 1.807) is 18.6 Å². The third-order valence-corrected chi connectivity index (χ3v) is 3.51. The van der Waals surface area contributed by atoms with Gasteiger partial charge in [-0.1, -0.05) is 26.0 Å². The zero-order valence-corrected chi connectivity index (χ0v) is 12.4. The average molecular weight is 285 g/mol. The van der Waals surface area contributed by atoms with Crippen LogP contribution in [0.4, 0.5) is 0 Å². The molecule has 1 N–H and O–H groups in total. The first-order valence-electron chi connectivity index (χ1n) is 6.91. The number of nitrogens with zero attached hydrogens (tertiary/aromatic N) is 6. The highest BCUT2D eigenvalue weighted by molar-refractivity contribution is 5.45. The van der Waals surface area contributed by atoms with Gasteiger partial charge >= 0.3 is 0 Å². The first kappa shape index (κ1) is 13.5. The highest BCUT2D eigenvalue weighted by Crippen LogP contribution is 2.31. The minimum atomic E-state index is 0.0401. The summed E-state index contributed by atoms with van der Waals surface area (Å²) >= 11 is 0. The summed E-state index contributed by atoms with van der Waals surface area (Å²) in [5, 5.41) is 8.51. The van der Waals surface area contributed by atoms with Crippen molar-refractivity contribution in [1.82, 2.24) is 34.5 Å². The molecule has 0 aliphatic carbocycles. The van der Waals surface area contributed by atoms with E-state index in [1.807, 2.05) is 23.4 Å². The van der Waals surface area contributed by atoms with Crippen molar-refractivity contribution in [3.63, 3.8) is 0 Å². The van der Waals surface area contributed by atoms with Crippen LogP contribution in [0.5, 0.6) is 0 Å². The van der Waals surface area contributed by atoms with E-state index in [0.717, 1.165) is 18.1 Å². The van der Waals surface area contributed by atoms with Gasteiger partial charge in [0.05, 0.1) is 18.6 Å². The molecule has 3 heterocycles. The van der Waals surface area contributed by atoms with Gasteiger partial charge in [0.1, 0.15) is 5.69 Å². The Morgan fingerprint density at radius 1 is 1.29 bits per heavy atom. The topological polar surface area (TPSA) is 77.2 Å². The first-order chi connectivity index (χ1) is 10.0. The maximum Gasteiger partial charge on any atom is 0.159 e. The summed E-state index contributed by atoms with van der Waals surface area (Å²) < 4.78 is 3.97. The van der Waals surface area contributed by atoms with Crippen LogP contribution in [0.15, 0.2) is 37.3 Å². The van der Waals surface area contributed by atoms with E-state index in [4.69, 9.17) is 0 Å². The maximum absolute atomic E-state index is 4.29. The minimum absolute atomic E-state index is 0.0401. The van der Waals surface area contributed by atoms with Gasteiger partial charge < -0.3 is 9.55 Å². The monoisotopic (exact) mass is 285 g/mol. The summed E-state index contributed by atoms with van der Waals surface area (Å²) in [5.41, 5.74) is 0.790. The van der Waals surface area contributed by atoms with E-state index >= 15 is 0 Å². The Labute approximate surface area is 123 Å². The van der Waals surface area contributed by atoms with Gasteiger partial charge in [0.15, 0.2) is 5.82 Å². The van der Waals surface area contributed by atoms with Crippen molar-refractivity contribution in [3.8, 4) is 11.5 Å². The van der Waals surface area contributed by atoms with Crippen molar-refractivity contribution in [1.29, 1.82) is 0 Å². The van der Waals surface area contributed by atoms with Gasteiger partial charge in [-0.2, -0.15) is 0 Å². The third kappa shape index (κ3) is 2.86. The normalized spacial score (nSPS) is 13.5. The van der Waals surface area contributed by atoms with Crippen LogP contribution >= 0.6 is 0 Å². The first-order valence-corrected chi connectivity index (χ1v) is 6.91. The lowest BCUT2D eigenvalue weighted by molar-refractivity contribution is 0.196. The number of hydrogen-bond donors (Lipinski definition) is 1. The fourth-order valence-electron chi connectivity index (χ4n) is 2.29. The van der Waals surface area contributed by atoms with Crippen molar-refractivity contribution in [2.24, 2.45) is 5.41 Å². The van der Waals surface area contributed by atoms with Crippen molar-refractivity contribution < 1.29 is 0 Å². The molecule has 0 bridgehead atoms. The molecule has 0 fully saturated rings. The second-order valence-corrected chi connectivity index (χ2v) is 6.16. The summed E-state index contributed by atoms with van der Waals surface area (Å²) in [6.45, 7) is 7.39. The van der Waals surface area contributed by atoms with Gasteiger partial charge in [-0.25, -0.2) is 14.6 Å². The predicted molar refractivity (Wildman–Crippen MR) is 78.3 cm³/mol. The Hall–Kier alpha value is -2.44. The Morgan fingerprint density at radius 3 is 2.76 bits per heavy atom. The number of aromatic amines is 1. The summed E-state index contributed by atoms with van der Waals surface area (Å²) in [7, 11) is 0. The van der Waals surface area contributed by atoms with Crippen molar-refractivity contribution in [2.45, 2.75) is 33.4 Å². The van der Waals surface area contributed by atoms with E-state index < -0.39 is 0 Å². The third-order valence-electron chi connectivity index (χ3n) is 3.51. The molecule has 7 heteroatoms. The van der Waals surface area contributed by atoms with Crippen LogP contribution in [0.3, 0.4) is 0 Å². The molecule has 0 aliphatic rings. The average Bonchev–Trinajstić information content (AvgIpc) is 3.16. The largest absolute Gasteiger partial charge is 0.343 e. The number of hydrogen-bond acceptors (Lipinski definition) is 4. The lowest BCUT2D eigenvalue weighted by Crippen LogP contribution is -2.28. The molecular formula is C14H19N7.